The monoisotopic (exact) mass is 196 g/mol. The third-order valence-corrected chi connectivity index (χ3v) is 3.54. The fourth-order valence-corrected chi connectivity index (χ4v) is 2.77. The number of ether oxygens (including phenoxy) is 1. The van der Waals surface area contributed by atoms with Gasteiger partial charge >= 0.3 is 0 Å². The van der Waals surface area contributed by atoms with Gasteiger partial charge in [0.15, 0.2) is 0 Å². The second-order valence-corrected chi connectivity index (χ2v) is 4.48. The molecule has 78 valence electrons. The highest BCUT2D eigenvalue weighted by molar-refractivity contribution is 5.83. The number of hydrogen-bond donors (Lipinski definition) is 1. The van der Waals surface area contributed by atoms with E-state index in [9.17, 15) is 4.79 Å². The van der Waals surface area contributed by atoms with Crippen molar-refractivity contribution < 1.29 is 9.53 Å². The van der Waals surface area contributed by atoms with E-state index in [1.807, 2.05) is 4.90 Å². The molecule has 3 aliphatic rings. The van der Waals surface area contributed by atoms with Gasteiger partial charge in [0.05, 0.1) is 24.8 Å². The minimum Gasteiger partial charge on any atom is -0.374 e. The number of fused-ring (bicyclic) bond motifs is 2. The van der Waals surface area contributed by atoms with E-state index in [0.29, 0.717) is 18.1 Å². The zero-order chi connectivity index (χ0) is 9.54. The Balaban J connectivity index is 1.67. The average molecular weight is 196 g/mol. The molecule has 14 heavy (non-hydrogen) atoms. The Kier molecular flexibility index (Phi) is 1.99. The smallest absolute Gasteiger partial charge is 0.240 e. The van der Waals surface area contributed by atoms with E-state index in [1.54, 1.807) is 0 Å². The molecule has 0 aliphatic carbocycles. The van der Waals surface area contributed by atoms with Gasteiger partial charge < -0.3 is 15.0 Å². The van der Waals surface area contributed by atoms with Crippen molar-refractivity contribution in [3.05, 3.63) is 0 Å². The molecule has 4 nitrogen and oxygen atoms in total. The first kappa shape index (κ1) is 8.68. The maximum atomic E-state index is 12.0. The third kappa shape index (κ3) is 1.25. The molecular formula is C10H16N2O2. The van der Waals surface area contributed by atoms with Crippen molar-refractivity contribution >= 4 is 5.91 Å². The molecule has 0 spiro atoms. The number of rotatable bonds is 1. The molecule has 0 aromatic carbocycles. The van der Waals surface area contributed by atoms with Crippen molar-refractivity contribution in [2.75, 3.05) is 19.7 Å². The molecule has 0 saturated carbocycles. The summed E-state index contributed by atoms with van der Waals surface area (Å²) in [7, 11) is 0. The van der Waals surface area contributed by atoms with Crippen LogP contribution in [0.3, 0.4) is 0 Å². The van der Waals surface area contributed by atoms with E-state index in [2.05, 4.69) is 5.32 Å². The van der Waals surface area contributed by atoms with E-state index in [4.69, 9.17) is 4.74 Å². The van der Waals surface area contributed by atoms with Crippen LogP contribution in [0.5, 0.6) is 0 Å². The van der Waals surface area contributed by atoms with Gasteiger partial charge in [0.2, 0.25) is 5.91 Å². The van der Waals surface area contributed by atoms with E-state index in [1.165, 1.54) is 0 Å². The summed E-state index contributed by atoms with van der Waals surface area (Å²) in [4.78, 5) is 14.1. The molecule has 4 heteroatoms. The van der Waals surface area contributed by atoms with Crippen LogP contribution in [0, 0.1) is 0 Å². The van der Waals surface area contributed by atoms with Gasteiger partial charge in [-0.1, -0.05) is 0 Å². The molecule has 3 atom stereocenters. The van der Waals surface area contributed by atoms with Crippen LogP contribution in [0.15, 0.2) is 0 Å². The zero-order valence-electron chi connectivity index (χ0n) is 8.24. The highest BCUT2D eigenvalue weighted by Gasteiger charge is 2.43. The van der Waals surface area contributed by atoms with Crippen LogP contribution in [0.4, 0.5) is 0 Å². The molecule has 1 N–H and O–H groups in total. The van der Waals surface area contributed by atoms with E-state index in [0.717, 1.165) is 39.0 Å². The third-order valence-electron chi connectivity index (χ3n) is 3.54. The summed E-state index contributed by atoms with van der Waals surface area (Å²) in [5, 5.41) is 3.26. The quantitative estimate of drug-likeness (QED) is 0.628. The van der Waals surface area contributed by atoms with Gasteiger partial charge in [-0.15, -0.1) is 0 Å². The van der Waals surface area contributed by atoms with Gasteiger partial charge in [-0.2, -0.15) is 0 Å². The summed E-state index contributed by atoms with van der Waals surface area (Å²) in [6.45, 7) is 2.57. The number of likely N-dealkylation sites (tertiary alicyclic amines) is 1. The van der Waals surface area contributed by atoms with E-state index < -0.39 is 0 Å². The van der Waals surface area contributed by atoms with Crippen LogP contribution >= 0.6 is 0 Å². The minimum atomic E-state index is 0.0920. The van der Waals surface area contributed by atoms with Crippen molar-refractivity contribution in [3.63, 3.8) is 0 Å². The molecule has 3 fully saturated rings. The van der Waals surface area contributed by atoms with Crippen LogP contribution in [0.25, 0.3) is 0 Å². The van der Waals surface area contributed by atoms with Crippen molar-refractivity contribution in [3.8, 4) is 0 Å². The maximum Gasteiger partial charge on any atom is 0.240 e. The maximum absolute atomic E-state index is 12.0. The van der Waals surface area contributed by atoms with Crippen molar-refractivity contribution in [1.29, 1.82) is 0 Å². The number of carbonyl (C=O) groups is 1. The lowest BCUT2D eigenvalue weighted by Crippen LogP contribution is -2.49. The first-order valence-corrected chi connectivity index (χ1v) is 5.50. The lowest BCUT2D eigenvalue weighted by Gasteiger charge is -2.29. The standard InChI is InChI=1S/C10H16N2O2/c13-10(9-2-1-3-11-9)12-5-8-4-7(12)6-14-8/h7-9,11H,1-6H2/t7-,8+,9+/m0/s1. The van der Waals surface area contributed by atoms with Gasteiger partial charge in [-0.25, -0.2) is 0 Å². The normalized spacial score (nSPS) is 40.9. The summed E-state index contributed by atoms with van der Waals surface area (Å²) >= 11 is 0. The summed E-state index contributed by atoms with van der Waals surface area (Å²) in [6.07, 6.45) is 3.52. The van der Waals surface area contributed by atoms with Crippen LogP contribution in [0.1, 0.15) is 19.3 Å². The number of amides is 1. The minimum absolute atomic E-state index is 0.0920. The van der Waals surface area contributed by atoms with Crippen LogP contribution in [-0.4, -0.2) is 48.7 Å². The highest BCUT2D eigenvalue weighted by atomic mass is 16.5. The summed E-state index contributed by atoms with van der Waals surface area (Å²) in [5.74, 6) is 0.304. The molecule has 2 bridgehead atoms. The molecule has 3 heterocycles. The molecular weight excluding hydrogens is 180 g/mol. The number of hydrogen-bond acceptors (Lipinski definition) is 3. The Morgan fingerprint density at radius 3 is 3.00 bits per heavy atom. The molecule has 0 aromatic heterocycles. The number of nitrogens with zero attached hydrogens (tertiary/aromatic N) is 1. The average Bonchev–Trinajstić information content (AvgIpc) is 2.93. The Bertz CT molecular complexity index is 251. The van der Waals surface area contributed by atoms with Gasteiger partial charge in [0.1, 0.15) is 0 Å². The van der Waals surface area contributed by atoms with Gasteiger partial charge in [0.25, 0.3) is 0 Å². The highest BCUT2D eigenvalue weighted by Crippen LogP contribution is 2.28. The largest absolute Gasteiger partial charge is 0.374 e. The fraction of sp³-hybridized carbons (Fsp3) is 0.900. The number of morpholine rings is 1. The van der Waals surface area contributed by atoms with Crippen molar-refractivity contribution in [1.82, 2.24) is 10.2 Å². The topological polar surface area (TPSA) is 41.6 Å². The summed E-state index contributed by atoms with van der Waals surface area (Å²) in [6, 6.07) is 0.462. The predicted molar refractivity (Wildman–Crippen MR) is 50.9 cm³/mol. The summed E-state index contributed by atoms with van der Waals surface area (Å²) < 4.78 is 5.48. The number of carbonyl (C=O) groups excluding carboxylic acids is 1. The first-order valence-electron chi connectivity index (χ1n) is 5.50. The van der Waals surface area contributed by atoms with Gasteiger partial charge in [0, 0.05) is 6.54 Å². The van der Waals surface area contributed by atoms with Crippen LogP contribution in [0.2, 0.25) is 0 Å². The molecule has 0 aromatic rings. The lowest BCUT2D eigenvalue weighted by atomic mass is 10.2. The van der Waals surface area contributed by atoms with Gasteiger partial charge in [-0.3, -0.25) is 4.79 Å². The van der Waals surface area contributed by atoms with Crippen LogP contribution in [-0.2, 0) is 9.53 Å². The summed E-state index contributed by atoms with van der Waals surface area (Å²) in [5.41, 5.74) is 0. The first-order chi connectivity index (χ1) is 6.84. The number of nitrogens with one attached hydrogen (secondary N) is 1. The predicted octanol–water partition coefficient (Wildman–Crippen LogP) is -0.262. The lowest BCUT2D eigenvalue weighted by molar-refractivity contribution is -0.137. The van der Waals surface area contributed by atoms with E-state index >= 15 is 0 Å². The van der Waals surface area contributed by atoms with Gasteiger partial charge in [-0.05, 0) is 25.8 Å². The molecule has 0 unspecified atom stereocenters. The zero-order valence-corrected chi connectivity index (χ0v) is 8.24. The molecule has 3 saturated heterocycles. The van der Waals surface area contributed by atoms with Crippen LogP contribution < -0.4 is 5.32 Å². The SMILES string of the molecule is O=C([C@H]1CCCN1)N1C[C@H]2C[C@H]1CO2. The molecule has 0 radical (unpaired) electrons. The molecule has 3 rings (SSSR count). The fourth-order valence-electron chi connectivity index (χ4n) is 2.77. The Morgan fingerprint density at radius 2 is 2.43 bits per heavy atom. The Morgan fingerprint density at radius 1 is 1.50 bits per heavy atom. The second-order valence-electron chi connectivity index (χ2n) is 4.48. The molecule has 1 amide bonds. The Labute approximate surface area is 83.6 Å². The van der Waals surface area contributed by atoms with Crippen molar-refractivity contribution in [2.45, 2.75) is 37.5 Å². The second kappa shape index (κ2) is 3.21. The van der Waals surface area contributed by atoms with E-state index in [-0.39, 0.29) is 6.04 Å². The molecule has 3 aliphatic heterocycles. The van der Waals surface area contributed by atoms with Crippen molar-refractivity contribution in [2.24, 2.45) is 0 Å². The Hall–Kier alpha value is -0.610.